The lowest BCUT2D eigenvalue weighted by molar-refractivity contribution is -0.139. The number of likely N-dealkylation sites (tertiary alicyclic amines) is 1. The number of ether oxygens (including phenoxy) is 2. The summed E-state index contributed by atoms with van der Waals surface area (Å²) in [7, 11) is 1.23. The minimum absolute atomic E-state index is 0.159. The number of carbonyl (C=O) groups excluding carboxylic acids is 3. The molecule has 1 fully saturated rings. The van der Waals surface area contributed by atoms with Crippen LogP contribution in [0.15, 0.2) is 12.2 Å². The summed E-state index contributed by atoms with van der Waals surface area (Å²) in [5, 5.41) is 0. The monoisotopic (exact) mass is 255 g/mol. The molecule has 1 heterocycles. The molecule has 1 saturated heterocycles. The maximum absolute atomic E-state index is 11.3. The second-order valence-electron chi connectivity index (χ2n) is 3.86. The summed E-state index contributed by atoms with van der Waals surface area (Å²) >= 11 is 0. The zero-order chi connectivity index (χ0) is 13.4. The Balaban J connectivity index is 2.10. The van der Waals surface area contributed by atoms with E-state index in [1.807, 2.05) is 0 Å². The molecule has 1 amide bonds. The highest BCUT2D eigenvalue weighted by Crippen LogP contribution is 2.09. The van der Waals surface area contributed by atoms with Gasteiger partial charge in [0, 0.05) is 31.7 Å². The van der Waals surface area contributed by atoms with Crippen molar-refractivity contribution >= 4 is 17.8 Å². The number of hydrogen-bond donors (Lipinski definition) is 0. The van der Waals surface area contributed by atoms with Gasteiger partial charge in [-0.3, -0.25) is 4.79 Å². The molecule has 0 bridgehead atoms. The van der Waals surface area contributed by atoms with Crippen molar-refractivity contribution in [2.24, 2.45) is 0 Å². The van der Waals surface area contributed by atoms with E-state index in [1.54, 1.807) is 4.90 Å². The fourth-order valence-electron chi connectivity index (χ4n) is 1.62. The second-order valence-corrected chi connectivity index (χ2v) is 3.86. The first kappa shape index (κ1) is 14.2. The number of nitrogens with zero attached hydrogens (tertiary/aromatic N) is 1. The maximum Gasteiger partial charge on any atom is 0.331 e. The lowest BCUT2D eigenvalue weighted by Crippen LogP contribution is -2.26. The third-order valence-corrected chi connectivity index (χ3v) is 2.54. The van der Waals surface area contributed by atoms with Crippen molar-refractivity contribution in [3.8, 4) is 0 Å². The highest BCUT2D eigenvalue weighted by molar-refractivity contribution is 5.91. The molecule has 0 radical (unpaired) electrons. The Morgan fingerprint density at radius 3 is 2.67 bits per heavy atom. The lowest BCUT2D eigenvalue weighted by Gasteiger charge is -2.14. The molecule has 6 nitrogen and oxygen atoms in total. The zero-order valence-corrected chi connectivity index (χ0v) is 10.4. The predicted octanol–water partition coefficient (Wildman–Crippen LogP) is 0.271. The minimum atomic E-state index is -0.602. The molecule has 1 aliphatic rings. The molecule has 0 aliphatic carbocycles. The normalized spacial score (nSPS) is 15.2. The standard InChI is InChI=1S/C12H17NO5/c1-17-11(15)5-6-12(16)18-9-3-8-13-7-2-4-10(13)14/h5-6H,2-4,7-9H2,1H3/b6-5+. The fraction of sp³-hybridized carbons (Fsp3) is 0.583. The molecule has 0 unspecified atom stereocenters. The van der Waals surface area contributed by atoms with Crippen LogP contribution in [0.2, 0.25) is 0 Å². The van der Waals surface area contributed by atoms with E-state index in [0.29, 0.717) is 19.4 Å². The molecule has 0 atom stereocenters. The smallest absolute Gasteiger partial charge is 0.331 e. The van der Waals surface area contributed by atoms with Gasteiger partial charge in [-0.2, -0.15) is 0 Å². The SMILES string of the molecule is COC(=O)/C=C/C(=O)OCCCN1CCCC1=O. The molecule has 1 aliphatic heterocycles. The number of methoxy groups -OCH3 is 1. The number of esters is 2. The number of amides is 1. The van der Waals surface area contributed by atoms with Crippen LogP contribution in [-0.4, -0.2) is 49.6 Å². The van der Waals surface area contributed by atoms with Crippen molar-refractivity contribution in [2.45, 2.75) is 19.3 Å². The van der Waals surface area contributed by atoms with Gasteiger partial charge in [0.05, 0.1) is 13.7 Å². The summed E-state index contributed by atoms with van der Waals surface area (Å²) in [4.78, 5) is 34.9. The first-order valence-corrected chi connectivity index (χ1v) is 5.84. The molecule has 0 aromatic carbocycles. The molecule has 0 aromatic heterocycles. The molecule has 1 rings (SSSR count). The van der Waals surface area contributed by atoms with Crippen LogP contribution in [0.3, 0.4) is 0 Å². The topological polar surface area (TPSA) is 72.9 Å². The van der Waals surface area contributed by atoms with Gasteiger partial charge in [-0.15, -0.1) is 0 Å². The average molecular weight is 255 g/mol. The second kappa shape index (κ2) is 7.47. The Morgan fingerprint density at radius 1 is 1.33 bits per heavy atom. The van der Waals surface area contributed by atoms with Gasteiger partial charge in [0.25, 0.3) is 0 Å². The van der Waals surface area contributed by atoms with Crippen molar-refractivity contribution in [3.63, 3.8) is 0 Å². The fourth-order valence-corrected chi connectivity index (χ4v) is 1.62. The van der Waals surface area contributed by atoms with E-state index in [4.69, 9.17) is 4.74 Å². The Morgan fingerprint density at radius 2 is 2.06 bits per heavy atom. The molecular formula is C12H17NO5. The van der Waals surface area contributed by atoms with Crippen LogP contribution in [-0.2, 0) is 23.9 Å². The third kappa shape index (κ3) is 4.99. The number of carbonyl (C=O) groups is 3. The number of hydrogen-bond acceptors (Lipinski definition) is 5. The molecular weight excluding hydrogens is 238 g/mol. The van der Waals surface area contributed by atoms with Gasteiger partial charge in [-0.25, -0.2) is 9.59 Å². The van der Waals surface area contributed by atoms with Crippen molar-refractivity contribution < 1.29 is 23.9 Å². The summed E-state index contributed by atoms with van der Waals surface area (Å²) in [5.41, 5.74) is 0. The van der Waals surface area contributed by atoms with Crippen molar-refractivity contribution in [3.05, 3.63) is 12.2 Å². The van der Waals surface area contributed by atoms with E-state index in [9.17, 15) is 14.4 Å². The molecule has 6 heteroatoms. The molecule has 100 valence electrons. The van der Waals surface area contributed by atoms with E-state index in [1.165, 1.54) is 7.11 Å². The highest BCUT2D eigenvalue weighted by atomic mass is 16.5. The van der Waals surface area contributed by atoms with Gasteiger partial charge >= 0.3 is 11.9 Å². The summed E-state index contributed by atoms with van der Waals surface area (Å²) in [5.74, 6) is -1.03. The molecule has 18 heavy (non-hydrogen) atoms. The summed E-state index contributed by atoms with van der Waals surface area (Å²) < 4.78 is 9.19. The molecule has 0 aromatic rings. The van der Waals surface area contributed by atoms with E-state index in [0.717, 1.165) is 25.1 Å². The first-order valence-electron chi connectivity index (χ1n) is 5.84. The maximum atomic E-state index is 11.3. The van der Waals surface area contributed by atoms with Gasteiger partial charge < -0.3 is 14.4 Å². The molecule has 0 spiro atoms. The van der Waals surface area contributed by atoms with E-state index in [2.05, 4.69) is 4.74 Å². The van der Waals surface area contributed by atoms with E-state index < -0.39 is 11.9 Å². The van der Waals surface area contributed by atoms with E-state index >= 15 is 0 Å². The summed E-state index contributed by atoms with van der Waals surface area (Å²) in [6.07, 6.45) is 4.14. The quantitative estimate of drug-likeness (QED) is 0.387. The van der Waals surface area contributed by atoms with Crippen LogP contribution in [0.25, 0.3) is 0 Å². The van der Waals surface area contributed by atoms with Crippen molar-refractivity contribution in [1.29, 1.82) is 0 Å². The Hall–Kier alpha value is -1.85. The van der Waals surface area contributed by atoms with Gasteiger partial charge in [0.15, 0.2) is 0 Å². The summed E-state index contributed by atoms with van der Waals surface area (Å²) in [6.45, 7) is 1.62. The van der Waals surface area contributed by atoms with Gasteiger partial charge in [0.2, 0.25) is 5.91 Å². The van der Waals surface area contributed by atoms with Crippen LogP contribution in [0, 0.1) is 0 Å². The average Bonchev–Trinajstić information content (AvgIpc) is 2.77. The van der Waals surface area contributed by atoms with Crippen LogP contribution in [0.5, 0.6) is 0 Å². The molecule has 0 saturated carbocycles. The Labute approximate surface area is 106 Å². The largest absolute Gasteiger partial charge is 0.466 e. The first-order chi connectivity index (χ1) is 8.63. The lowest BCUT2D eigenvalue weighted by atomic mass is 10.4. The van der Waals surface area contributed by atoms with Gasteiger partial charge in [-0.1, -0.05) is 0 Å². The number of rotatable bonds is 6. The van der Waals surface area contributed by atoms with Gasteiger partial charge in [0.1, 0.15) is 0 Å². The van der Waals surface area contributed by atoms with Crippen molar-refractivity contribution in [1.82, 2.24) is 4.90 Å². The highest BCUT2D eigenvalue weighted by Gasteiger charge is 2.19. The van der Waals surface area contributed by atoms with Crippen molar-refractivity contribution in [2.75, 3.05) is 26.8 Å². The third-order valence-electron chi connectivity index (χ3n) is 2.54. The Kier molecular flexibility index (Phi) is 5.90. The molecule has 0 N–H and O–H groups in total. The zero-order valence-electron chi connectivity index (χ0n) is 10.4. The van der Waals surface area contributed by atoms with Crippen LogP contribution in [0.1, 0.15) is 19.3 Å². The minimum Gasteiger partial charge on any atom is -0.466 e. The summed E-state index contributed by atoms with van der Waals surface area (Å²) in [6, 6.07) is 0. The Bertz CT molecular complexity index is 350. The van der Waals surface area contributed by atoms with Crippen LogP contribution < -0.4 is 0 Å². The predicted molar refractivity (Wildman–Crippen MR) is 62.5 cm³/mol. The van der Waals surface area contributed by atoms with Crippen LogP contribution >= 0.6 is 0 Å². The van der Waals surface area contributed by atoms with E-state index in [-0.39, 0.29) is 12.5 Å². The van der Waals surface area contributed by atoms with Crippen LogP contribution in [0.4, 0.5) is 0 Å². The van der Waals surface area contributed by atoms with Gasteiger partial charge in [-0.05, 0) is 12.8 Å².